The van der Waals surface area contributed by atoms with Crippen LogP contribution in [-0.4, -0.2) is 54.9 Å². The lowest BCUT2D eigenvalue weighted by Gasteiger charge is -2.35. The second-order valence-corrected chi connectivity index (χ2v) is 6.26. The van der Waals surface area contributed by atoms with Crippen LogP contribution in [0.25, 0.3) is 0 Å². The highest BCUT2D eigenvalue weighted by Crippen LogP contribution is 2.08. The van der Waals surface area contributed by atoms with Crippen molar-refractivity contribution < 1.29 is 4.79 Å². The minimum absolute atomic E-state index is 0.238. The fraction of sp³-hybridized carbons (Fsp3) is 0.588. The maximum atomic E-state index is 12.2. The molecule has 1 aliphatic rings. The third-order valence-electron chi connectivity index (χ3n) is 3.83. The van der Waals surface area contributed by atoms with Crippen LogP contribution in [-0.2, 0) is 0 Å². The van der Waals surface area contributed by atoms with E-state index in [4.69, 9.17) is 0 Å². The Balaban J connectivity index is 1.80. The van der Waals surface area contributed by atoms with E-state index in [9.17, 15) is 4.79 Å². The van der Waals surface area contributed by atoms with Crippen LogP contribution in [0.1, 0.15) is 29.8 Å². The molecule has 0 amide bonds. The van der Waals surface area contributed by atoms with E-state index in [0.29, 0.717) is 6.54 Å². The van der Waals surface area contributed by atoms with Crippen LogP contribution in [0.3, 0.4) is 0 Å². The van der Waals surface area contributed by atoms with E-state index in [-0.39, 0.29) is 5.78 Å². The molecule has 3 nitrogen and oxygen atoms in total. The molecule has 1 aromatic carbocycles. The Morgan fingerprint density at radius 2 is 1.60 bits per heavy atom. The molecule has 110 valence electrons. The van der Waals surface area contributed by atoms with Gasteiger partial charge in [-0.15, -0.1) is 0 Å². The van der Waals surface area contributed by atoms with Gasteiger partial charge in [-0.05, 0) is 12.8 Å². The van der Waals surface area contributed by atoms with Gasteiger partial charge in [0.1, 0.15) is 0 Å². The Hall–Kier alpha value is -1.19. The van der Waals surface area contributed by atoms with Gasteiger partial charge in [-0.2, -0.15) is 0 Å². The van der Waals surface area contributed by atoms with Gasteiger partial charge in [0.25, 0.3) is 0 Å². The number of ketones is 1. The number of nitrogens with zero attached hydrogens (tertiary/aromatic N) is 2. The summed E-state index contributed by atoms with van der Waals surface area (Å²) in [5.41, 5.74) is 2.03. The van der Waals surface area contributed by atoms with E-state index >= 15 is 0 Å². The minimum atomic E-state index is 0.238. The number of hydrogen-bond donors (Lipinski definition) is 0. The van der Waals surface area contributed by atoms with Gasteiger partial charge in [0.15, 0.2) is 5.78 Å². The second-order valence-electron chi connectivity index (χ2n) is 6.26. The molecule has 1 aromatic rings. The van der Waals surface area contributed by atoms with Gasteiger partial charge in [0, 0.05) is 38.3 Å². The molecule has 1 heterocycles. The lowest BCUT2D eigenvalue weighted by atomic mass is 10.1. The number of piperazine rings is 1. The van der Waals surface area contributed by atoms with Crippen molar-refractivity contribution in [3.05, 3.63) is 35.4 Å². The molecule has 0 radical (unpaired) electrons. The van der Waals surface area contributed by atoms with E-state index < -0.39 is 0 Å². The van der Waals surface area contributed by atoms with Crippen LogP contribution in [0, 0.1) is 12.8 Å². The third-order valence-corrected chi connectivity index (χ3v) is 3.83. The molecule has 1 aliphatic heterocycles. The summed E-state index contributed by atoms with van der Waals surface area (Å²) in [6.45, 7) is 12.5. The van der Waals surface area contributed by atoms with E-state index in [1.807, 2.05) is 31.2 Å². The molecule has 1 saturated heterocycles. The van der Waals surface area contributed by atoms with E-state index in [0.717, 1.165) is 37.7 Å². The first-order valence-corrected chi connectivity index (χ1v) is 7.59. The number of aryl methyl sites for hydroxylation is 1. The van der Waals surface area contributed by atoms with Crippen LogP contribution < -0.4 is 0 Å². The number of rotatable bonds is 5. The van der Waals surface area contributed by atoms with Gasteiger partial charge in [0.2, 0.25) is 0 Å². The SMILES string of the molecule is Cc1ccc(C(=O)CN2CCN(CC(C)C)CC2)cc1. The molecule has 0 unspecified atom stereocenters. The topological polar surface area (TPSA) is 23.6 Å². The first-order valence-electron chi connectivity index (χ1n) is 7.59. The standard InChI is InChI=1S/C17H26N2O/c1-14(2)12-18-8-10-19(11-9-18)13-17(20)16-6-4-15(3)5-7-16/h4-7,14H,8-13H2,1-3H3. The zero-order valence-electron chi connectivity index (χ0n) is 12.9. The Labute approximate surface area is 122 Å². The van der Waals surface area contributed by atoms with Crippen molar-refractivity contribution >= 4 is 5.78 Å². The molecular weight excluding hydrogens is 248 g/mol. The Morgan fingerprint density at radius 1 is 1.05 bits per heavy atom. The summed E-state index contributed by atoms with van der Waals surface area (Å²) < 4.78 is 0. The summed E-state index contributed by atoms with van der Waals surface area (Å²) in [6.07, 6.45) is 0. The zero-order valence-corrected chi connectivity index (χ0v) is 12.9. The summed E-state index contributed by atoms with van der Waals surface area (Å²) >= 11 is 0. The van der Waals surface area contributed by atoms with Gasteiger partial charge in [0.05, 0.1) is 6.54 Å². The Bertz CT molecular complexity index is 431. The first kappa shape index (κ1) is 15.2. The van der Waals surface area contributed by atoms with Gasteiger partial charge < -0.3 is 4.90 Å². The van der Waals surface area contributed by atoms with E-state index in [1.165, 1.54) is 12.1 Å². The fourth-order valence-electron chi connectivity index (χ4n) is 2.68. The molecule has 3 heteroatoms. The number of Topliss-reactive ketones (excluding diaryl/α,β-unsaturated/α-hetero) is 1. The van der Waals surface area contributed by atoms with Gasteiger partial charge >= 0.3 is 0 Å². The van der Waals surface area contributed by atoms with E-state index in [1.54, 1.807) is 0 Å². The van der Waals surface area contributed by atoms with Crippen molar-refractivity contribution in [2.75, 3.05) is 39.3 Å². The van der Waals surface area contributed by atoms with Gasteiger partial charge in [-0.3, -0.25) is 9.69 Å². The molecule has 0 aromatic heterocycles. The fourth-order valence-corrected chi connectivity index (χ4v) is 2.68. The minimum Gasteiger partial charge on any atom is -0.301 e. The lowest BCUT2D eigenvalue weighted by molar-refractivity contribution is 0.0837. The summed E-state index contributed by atoms with van der Waals surface area (Å²) in [5, 5.41) is 0. The van der Waals surface area contributed by atoms with Crippen LogP contribution in [0.5, 0.6) is 0 Å². The summed E-state index contributed by atoms with van der Waals surface area (Å²) in [5.74, 6) is 0.957. The number of hydrogen-bond acceptors (Lipinski definition) is 3. The largest absolute Gasteiger partial charge is 0.301 e. The van der Waals surface area contributed by atoms with E-state index in [2.05, 4.69) is 23.6 Å². The molecular formula is C17H26N2O. The predicted octanol–water partition coefficient (Wildman–Crippen LogP) is 2.45. The molecule has 0 atom stereocenters. The third kappa shape index (κ3) is 4.43. The summed E-state index contributed by atoms with van der Waals surface area (Å²) in [7, 11) is 0. The highest BCUT2D eigenvalue weighted by atomic mass is 16.1. The van der Waals surface area contributed by atoms with Crippen molar-refractivity contribution in [3.63, 3.8) is 0 Å². The van der Waals surface area contributed by atoms with Crippen LogP contribution in [0.4, 0.5) is 0 Å². The molecule has 20 heavy (non-hydrogen) atoms. The molecule has 2 rings (SSSR count). The number of carbonyl (C=O) groups excluding carboxylic acids is 1. The first-order chi connectivity index (χ1) is 9.54. The van der Waals surface area contributed by atoms with Crippen LogP contribution in [0.2, 0.25) is 0 Å². The van der Waals surface area contributed by atoms with Crippen LogP contribution in [0.15, 0.2) is 24.3 Å². The number of benzene rings is 1. The Kier molecular flexibility index (Phi) is 5.32. The highest BCUT2D eigenvalue weighted by Gasteiger charge is 2.19. The predicted molar refractivity (Wildman–Crippen MR) is 83.2 cm³/mol. The lowest BCUT2D eigenvalue weighted by Crippen LogP contribution is -2.48. The maximum absolute atomic E-state index is 12.2. The summed E-state index contributed by atoms with van der Waals surface area (Å²) in [6, 6.07) is 7.89. The number of carbonyl (C=O) groups is 1. The Morgan fingerprint density at radius 3 is 2.15 bits per heavy atom. The molecule has 0 spiro atoms. The van der Waals surface area contributed by atoms with Crippen molar-refractivity contribution in [1.82, 2.24) is 9.80 Å². The summed E-state index contributed by atoms with van der Waals surface area (Å²) in [4.78, 5) is 17.0. The smallest absolute Gasteiger partial charge is 0.176 e. The van der Waals surface area contributed by atoms with Gasteiger partial charge in [-0.25, -0.2) is 0 Å². The average molecular weight is 274 g/mol. The quantitative estimate of drug-likeness (QED) is 0.771. The zero-order chi connectivity index (χ0) is 14.5. The molecule has 0 aliphatic carbocycles. The van der Waals surface area contributed by atoms with Crippen molar-refractivity contribution in [3.8, 4) is 0 Å². The van der Waals surface area contributed by atoms with Crippen molar-refractivity contribution in [2.24, 2.45) is 5.92 Å². The monoisotopic (exact) mass is 274 g/mol. The normalized spacial score (nSPS) is 17.6. The second kappa shape index (κ2) is 7.00. The molecule has 0 bridgehead atoms. The highest BCUT2D eigenvalue weighted by molar-refractivity contribution is 5.97. The molecule has 0 saturated carbocycles. The average Bonchev–Trinajstić information content (AvgIpc) is 2.41. The molecule has 0 N–H and O–H groups in total. The molecule has 1 fully saturated rings. The van der Waals surface area contributed by atoms with Gasteiger partial charge in [-0.1, -0.05) is 43.7 Å². The van der Waals surface area contributed by atoms with Crippen molar-refractivity contribution in [2.45, 2.75) is 20.8 Å². The van der Waals surface area contributed by atoms with Crippen LogP contribution >= 0.6 is 0 Å². The maximum Gasteiger partial charge on any atom is 0.176 e. The van der Waals surface area contributed by atoms with Crippen molar-refractivity contribution in [1.29, 1.82) is 0 Å².